The number of ether oxygens (including phenoxy) is 6. The van der Waals surface area contributed by atoms with Crippen molar-refractivity contribution in [2.24, 2.45) is 0 Å². The van der Waals surface area contributed by atoms with Crippen molar-refractivity contribution in [2.75, 3.05) is 20.2 Å². The molecule has 2 N–H and O–H groups in total. The Morgan fingerprint density at radius 3 is 2.00 bits per heavy atom. The van der Waals surface area contributed by atoms with Gasteiger partial charge in [0.2, 0.25) is 18.3 Å². The number of amides is 1. The average molecular weight is 723 g/mol. The lowest BCUT2D eigenvalue weighted by Gasteiger charge is -2.44. The van der Waals surface area contributed by atoms with E-state index in [-0.39, 0.29) is 23.0 Å². The van der Waals surface area contributed by atoms with Gasteiger partial charge in [-0.05, 0) is 36.7 Å². The van der Waals surface area contributed by atoms with Crippen LogP contribution in [0.15, 0.2) is 48.5 Å². The van der Waals surface area contributed by atoms with Crippen LogP contribution in [0, 0.1) is 0 Å². The molecule has 17 heteroatoms. The molecule has 6 atom stereocenters. The highest BCUT2D eigenvalue weighted by molar-refractivity contribution is 7.86. The van der Waals surface area contributed by atoms with E-state index in [9.17, 15) is 32.4 Å². The van der Waals surface area contributed by atoms with Crippen LogP contribution >= 0.6 is 0 Å². The van der Waals surface area contributed by atoms with Gasteiger partial charge in [-0.3, -0.25) is 24.0 Å². The minimum atomic E-state index is -4.29. The van der Waals surface area contributed by atoms with Crippen molar-refractivity contribution < 1.29 is 65.0 Å². The zero-order valence-electron chi connectivity index (χ0n) is 28.5. The second kappa shape index (κ2) is 18.3. The number of esters is 4. The van der Waals surface area contributed by atoms with Crippen molar-refractivity contribution in [3.05, 3.63) is 59.7 Å². The van der Waals surface area contributed by atoms with Gasteiger partial charge in [0.05, 0.1) is 6.04 Å². The van der Waals surface area contributed by atoms with Gasteiger partial charge >= 0.3 is 34.0 Å². The molecule has 1 fully saturated rings. The molecule has 1 aliphatic heterocycles. The summed E-state index contributed by atoms with van der Waals surface area (Å²) in [5.41, 5.74) is 0.893. The summed E-state index contributed by atoms with van der Waals surface area (Å²) in [4.78, 5) is 60.1. The van der Waals surface area contributed by atoms with Gasteiger partial charge in [-0.2, -0.15) is 8.42 Å². The highest BCUT2D eigenvalue weighted by atomic mass is 32.2. The van der Waals surface area contributed by atoms with Crippen molar-refractivity contribution in [2.45, 2.75) is 83.5 Å². The number of benzene rings is 2. The maximum Gasteiger partial charge on any atom is 0.313 e. The summed E-state index contributed by atoms with van der Waals surface area (Å²) in [6, 6.07) is 11.8. The maximum atomic E-state index is 13.2. The quantitative estimate of drug-likeness (QED) is 0.142. The molecule has 0 aromatic heterocycles. The minimum absolute atomic E-state index is 0.0282. The number of carbonyl (C=O) groups excluding carboxylic acids is 5. The largest absolute Gasteiger partial charge is 0.463 e. The zero-order chi connectivity index (χ0) is 37.0. The van der Waals surface area contributed by atoms with Crippen LogP contribution in [0.5, 0.6) is 11.5 Å². The highest BCUT2D eigenvalue weighted by Gasteiger charge is 2.53. The Hall–Kier alpha value is -4.74. The Kier molecular flexibility index (Phi) is 14.5. The van der Waals surface area contributed by atoms with Gasteiger partial charge in [0, 0.05) is 40.3 Å². The van der Waals surface area contributed by atoms with Crippen molar-refractivity contribution >= 4 is 39.9 Å². The van der Waals surface area contributed by atoms with E-state index in [4.69, 9.17) is 32.6 Å². The van der Waals surface area contributed by atoms with E-state index in [1.165, 1.54) is 24.3 Å². The molecule has 0 spiro atoms. The molecular weight excluding hydrogens is 680 g/mol. The third-order valence-corrected chi connectivity index (χ3v) is 8.21. The third kappa shape index (κ3) is 12.0. The molecule has 1 aliphatic rings. The fraction of sp³-hybridized carbons (Fsp3) is 0.485. The minimum Gasteiger partial charge on any atom is -0.463 e. The van der Waals surface area contributed by atoms with E-state index in [1.807, 2.05) is 6.92 Å². The van der Waals surface area contributed by atoms with E-state index in [1.54, 1.807) is 31.3 Å². The van der Waals surface area contributed by atoms with Gasteiger partial charge in [0.15, 0.2) is 12.2 Å². The second-order valence-corrected chi connectivity index (χ2v) is 12.7. The number of nitrogens with one attached hydrogen (secondary N) is 2. The fourth-order valence-corrected chi connectivity index (χ4v) is 6.19. The van der Waals surface area contributed by atoms with Crippen molar-refractivity contribution in [1.82, 2.24) is 10.6 Å². The molecule has 1 amide bonds. The lowest BCUT2D eigenvalue weighted by Crippen LogP contribution is -2.63. The Labute approximate surface area is 290 Å². The predicted octanol–water partition coefficient (Wildman–Crippen LogP) is 1.32. The SMILES string of the molecule is CCN[C@@H](Cc1ccc(OS(=O)(=O)Cc2ccccc2O[C@@H]2O[C@H](COC(C)=O)[C@H](OC(C)=O)[C@H](OC(C)=O)[C@H]2OC(C)=O)cc1)C(=O)NC. The molecule has 0 radical (unpaired) electrons. The maximum absolute atomic E-state index is 13.2. The molecule has 2 aromatic carbocycles. The molecule has 0 saturated carbocycles. The molecule has 0 unspecified atom stereocenters. The Bertz CT molecular complexity index is 1610. The number of carbonyl (C=O) groups is 5. The highest BCUT2D eigenvalue weighted by Crippen LogP contribution is 2.33. The molecular formula is C33H42N2O14S. The summed E-state index contributed by atoms with van der Waals surface area (Å²) >= 11 is 0. The molecule has 0 aliphatic carbocycles. The molecule has 2 aromatic rings. The van der Waals surface area contributed by atoms with Gasteiger partial charge in [0.1, 0.15) is 30.0 Å². The second-order valence-electron chi connectivity index (χ2n) is 11.2. The van der Waals surface area contributed by atoms with Crippen molar-refractivity contribution in [3.8, 4) is 11.5 Å². The standard InChI is InChI=1S/C33H42N2O14S/c1-7-35-26(32(40)34-6)16-23-12-14-25(15-13-23)49-50(41,42)18-24-10-8-9-11-27(24)47-33-31(46-22(5)39)30(45-21(4)38)29(44-20(3)37)28(48-33)17-43-19(2)36/h8-15,26,28-31,33,35H,7,16-18H2,1-6H3,(H,34,40)/t26-,28+,29-,30-,31+,33+/m0/s1. The van der Waals surface area contributed by atoms with Crippen molar-refractivity contribution in [3.63, 3.8) is 0 Å². The molecule has 1 saturated heterocycles. The monoisotopic (exact) mass is 722 g/mol. The Morgan fingerprint density at radius 1 is 0.820 bits per heavy atom. The first-order valence-electron chi connectivity index (χ1n) is 15.6. The van der Waals surface area contributed by atoms with Crippen LogP contribution in [0.3, 0.4) is 0 Å². The molecule has 50 heavy (non-hydrogen) atoms. The Balaban J connectivity index is 1.87. The smallest absolute Gasteiger partial charge is 0.313 e. The number of hydrogen-bond donors (Lipinski definition) is 2. The zero-order valence-corrected chi connectivity index (χ0v) is 29.4. The van der Waals surface area contributed by atoms with E-state index >= 15 is 0 Å². The lowest BCUT2D eigenvalue weighted by molar-refractivity contribution is -0.288. The lowest BCUT2D eigenvalue weighted by atomic mass is 9.98. The topological polar surface area (TPSA) is 208 Å². The van der Waals surface area contributed by atoms with Crippen LogP contribution in [-0.4, -0.2) is 95.1 Å². The summed E-state index contributed by atoms with van der Waals surface area (Å²) in [5, 5.41) is 5.70. The third-order valence-electron chi connectivity index (χ3n) is 7.10. The van der Waals surface area contributed by atoms with Crippen LogP contribution in [0.1, 0.15) is 45.7 Å². The number of hydrogen-bond acceptors (Lipinski definition) is 15. The summed E-state index contributed by atoms with van der Waals surface area (Å²) in [6.07, 6.45) is -6.88. The first kappa shape index (κ1) is 39.7. The molecule has 16 nitrogen and oxygen atoms in total. The summed E-state index contributed by atoms with van der Waals surface area (Å²) < 4.78 is 65.1. The molecule has 1 heterocycles. The molecule has 274 valence electrons. The van der Waals surface area contributed by atoms with Crippen LogP contribution in [0.2, 0.25) is 0 Å². The van der Waals surface area contributed by atoms with Crippen LogP contribution in [-0.2, 0) is 69.9 Å². The molecule has 0 bridgehead atoms. The normalized spacial score (nSPS) is 20.8. The van der Waals surface area contributed by atoms with Gasteiger partial charge in [-0.15, -0.1) is 0 Å². The number of rotatable bonds is 16. The van der Waals surface area contributed by atoms with Gasteiger partial charge in [-0.25, -0.2) is 0 Å². The molecule has 3 rings (SSSR count). The number of likely N-dealkylation sites (N-methyl/N-ethyl adjacent to an activating group) is 2. The average Bonchev–Trinajstić information content (AvgIpc) is 3.03. The van der Waals surface area contributed by atoms with Crippen molar-refractivity contribution in [1.29, 1.82) is 0 Å². The van der Waals surface area contributed by atoms with Crippen LogP contribution < -0.4 is 19.6 Å². The van der Waals surface area contributed by atoms with Crippen LogP contribution in [0.4, 0.5) is 0 Å². The number of para-hydroxylation sites is 1. The first-order chi connectivity index (χ1) is 23.6. The first-order valence-corrected chi connectivity index (χ1v) is 17.2. The van der Waals surface area contributed by atoms with E-state index < -0.39 is 83.1 Å². The van der Waals surface area contributed by atoms with E-state index in [2.05, 4.69) is 10.6 Å². The van der Waals surface area contributed by atoms with E-state index in [0.717, 1.165) is 33.3 Å². The Morgan fingerprint density at radius 2 is 1.42 bits per heavy atom. The van der Waals surface area contributed by atoms with E-state index in [0.29, 0.717) is 13.0 Å². The predicted molar refractivity (Wildman–Crippen MR) is 174 cm³/mol. The fourth-order valence-electron chi connectivity index (χ4n) is 5.11. The van der Waals surface area contributed by atoms with Gasteiger partial charge in [-0.1, -0.05) is 37.3 Å². The van der Waals surface area contributed by atoms with Crippen LogP contribution in [0.25, 0.3) is 0 Å². The van der Waals surface area contributed by atoms with Gasteiger partial charge < -0.3 is 43.2 Å². The summed E-state index contributed by atoms with van der Waals surface area (Å²) in [6.45, 7) is 6.40. The summed E-state index contributed by atoms with van der Waals surface area (Å²) in [5.74, 6) is -3.98. The van der Waals surface area contributed by atoms with Gasteiger partial charge in [0.25, 0.3) is 0 Å². The summed E-state index contributed by atoms with van der Waals surface area (Å²) in [7, 11) is -2.75.